The first-order valence-corrected chi connectivity index (χ1v) is 9.30. The summed E-state index contributed by atoms with van der Waals surface area (Å²) in [5.41, 5.74) is 1.47. The van der Waals surface area contributed by atoms with Gasteiger partial charge in [-0.2, -0.15) is 0 Å². The lowest BCUT2D eigenvalue weighted by Gasteiger charge is -2.29. The molecule has 1 aliphatic heterocycles. The zero-order valence-electron chi connectivity index (χ0n) is 15.8. The minimum absolute atomic E-state index is 0.284. The van der Waals surface area contributed by atoms with E-state index in [1.165, 1.54) is 0 Å². The van der Waals surface area contributed by atoms with Crippen LogP contribution in [0, 0.1) is 0 Å². The van der Waals surface area contributed by atoms with Crippen LogP contribution < -0.4 is 4.90 Å². The fraction of sp³-hybridized carbons (Fsp3) is 0.174. The maximum Gasteiger partial charge on any atom is 0.262 e. The second kappa shape index (κ2) is 6.93. The summed E-state index contributed by atoms with van der Waals surface area (Å²) in [6.45, 7) is 3.92. The van der Waals surface area contributed by atoms with Crippen molar-refractivity contribution in [1.82, 2.24) is 4.90 Å². The molecule has 0 saturated heterocycles. The lowest BCUT2D eigenvalue weighted by atomic mass is 10.1. The smallest absolute Gasteiger partial charge is 0.262 e. The Labute approximate surface area is 163 Å². The molecule has 1 unspecified atom stereocenters. The highest BCUT2D eigenvalue weighted by Gasteiger charge is 2.41. The molecule has 3 amide bonds. The van der Waals surface area contributed by atoms with Gasteiger partial charge in [0, 0.05) is 11.9 Å². The van der Waals surface area contributed by atoms with E-state index in [0.29, 0.717) is 17.7 Å². The first-order chi connectivity index (χ1) is 13.5. The number of nitrogens with zero attached hydrogens (tertiary/aromatic N) is 2. The summed E-state index contributed by atoms with van der Waals surface area (Å²) < 4.78 is 0. The predicted molar refractivity (Wildman–Crippen MR) is 108 cm³/mol. The van der Waals surface area contributed by atoms with Crippen LogP contribution in [0.25, 0.3) is 10.8 Å². The van der Waals surface area contributed by atoms with Gasteiger partial charge >= 0.3 is 0 Å². The quantitative estimate of drug-likeness (QED) is 0.653. The van der Waals surface area contributed by atoms with Crippen molar-refractivity contribution in [3.05, 3.63) is 77.9 Å². The van der Waals surface area contributed by atoms with Crippen LogP contribution in [0.5, 0.6) is 0 Å². The molecule has 0 aliphatic carbocycles. The van der Waals surface area contributed by atoms with E-state index in [2.05, 4.69) is 0 Å². The van der Waals surface area contributed by atoms with Gasteiger partial charge in [-0.25, -0.2) is 0 Å². The molecule has 0 spiro atoms. The molecule has 0 radical (unpaired) electrons. The highest BCUT2D eigenvalue weighted by molar-refractivity contribution is 6.23. The fourth-order valence-corrected chi connectivity index (χ4v) is 3.78. The van der Waals surface area contributed by atoms with E-state index in [1.54, 1.807) is 36.1 Å². The third-order valence-corrected chi connectivity index (χ3v) is 5.21. The van der Waals surface area contributed by atoms with E-state index in [4.69, 9.17) is 0 Å². The number of carbonyl (C=O) groups excluding carboxylic acids is 3. The first kappa shape index (κ1) is 17.9. The number of amides is 3. The zero-order chi connectivity index (χ0) is 19.8. The Kier molecular flexibility index (Phi) is 4.43. The van der Waals surface area contributed by atoms with Crippen LogP contribution in [-0.2, 0) is 4.79 Å². The van der Waals surface area contributed by atoms with Crippen LogP contribution in [0.15, 0.2) is 66.7 Å². The van der Waals surface area contributed by atoms with Crippen molar-refractivity contribution in [1.29, 1.82) is 0 Å². The standard InChI is InChI=1S/C23H20N2O3/c1-3-24(20-14-8-10-16-9-4-5-11-17(16)20)21(26)15(2)25-22(27)18-12-6-7-13-19(18)23(25)28/h4-15H,3H2,1-2H3. The van der Waals surface area contributed by atoms with Gasteiger partial charge in [-0.3, -0.25) is 19.3 Å². The number of likely N-dealkylation sites (N-methyl/N-ethyl adjacent to an activating group) is 1. The molecule has 3 aromatic rings. The van der Waals surface area contributed by atoms with Crippen molar-refractivity contribution in [2.45, 2.75) is 19.9 Å². The van der Waals surface area contributed by atoms with E-state index in [9.17, 15) is 14.4 Å². The van der Waals surface area contributed by atoms with Gasteiger partial charge in [0.15, 0.2) is 0 Å². The van der Waals surface area contributed by atoms with Crippen LogP contribution in [0.3, 0.4) is 0 Å². The van der Waals surface area contributed by atoms with E-state index in [-0.39, 0.29) is 5.91 Å². The van der Waals surface area contributed by atoms with Crippen LogP contribution in [0.2, 0.25) is 0 Å². The highest BCUT2D eigenvalue weighted by atomic mass is 16.2. The Morgan fingerprint density at radius 1 is 0.893 bits per heavy atom. The molecule has 0 saturated carbocycles. The summed E-state index contributed by atoms with van der Waals surface area (Å²) >= 11 is 0. The Balaban J connectivity index is 1.70. The van der Waals surface area contributed by atoms with E-state index >= 15 is 0 Å². The summed E-state index contributed by atoms with van der Waals surface area (Å²) in [6, 6.07) is 19.4. The van der Waals surface area contributed by atoms with E-state index in [1.807, 2.05) is 49.4 Å². The minimum atomic E-state index is -0.897. The monoisotopic (exact) mass is 372 g/mol. The molecule has 1 heterocycles. The number of hydrogen-bond acceptors (Lipinski definition) is 3. The van der Waals surface area contributed by atoms with Crippen molar-refractivity contribution in [2.75, 3.05) is 11.4 Å². The Bertz CT molecular complexity index is 1070. The molecule has 28 heavy (non-hydrogen) atoms. The molecular formula is C23H20N2O3. The largest absolute Gasteiger partial charge is 0.310 e. The molecule has 0 N–H and O–H groups in total. The SMILES string of the molecule is CCN(C(=O)C(C)N1C(=O)c2ccccc2C1=O)c1cccc2ccccc12. The summed E-state index contributed by atoms with van der Waals surface area (Å²) in [5.74, 6) is -1.13. The second-order valence-electron chi connectivity index (χ2n) is 6.78. The topological polar surface area (TPSA) is 57.7 Å². The van der Waals surface area contributed by atoms with Gasteiger partial charge in [0.05, 0.1) is 16.8 Å². The molecule has 140 valence electrons. The van der Waals surface area contributed by atoms with Gasteiger partial charge in [0.2, 0.25) is 5.91 Å². The summed E-state index contributed by atoms with van der Waals surface area (Å²) in [5, 5.41) is 1.98. The van der Waals surface area contributed by atoms with Crippen LogP contribution >= 0.6 is 0 Å². The van der Waals surface area contributed by atoms with Crippen LogP contribution in [0.4, 0.5) is 5.69 Å². The number of anilines is 1. The summed E-state index contributed by atoms with van der Waals surface area (Å²) in [7, 11) is 0. The molecular weight excluding hydrogens is 352 g/mol. The van der Waals surface area contributed by atoms with Gasteiger partial charge in [0.1, 0.15) is 6.04 Å². The van der Waals surface area contributed by atoms with Crippen molar-refractivity contribution in [3.63, 3.8) is 0 Å². The lowest BCUT2D eigenvalue weighted by molar-refractivity contribution is -0.121. The molecule has 0 aromatic heterocycles. The van der Waals surface area contributed by atoms with Crippen LogP contribution in [-0.4, -0.2) is 35.2 Å². The molecule has 1 atom stereocenters. The number of hydrogen-bond donors (Lipinski definition) is 0. The molecule has 0 bridgehead atoms. The lowest BCUT2D eigenvalue weighted by Crippen LogP contribution is -2.49. The molecule has 4 rings (SSSR count). The summed E-state index contributed by atoms with van der Waals surface area (Å²) in [6.07, 6.45) is 0. The summed E-state index contributed by atoms with van der Waals surface area (Å²) in [4.78, 5) is 41.5. The minimum Gasteiger partial charge on any atom is -0.310 e. The predicted octanol–water partition coefficient (Wildman–Crippen LogP) is 3.88. The third kappa shape index (κ3) is 2.67. The van der Waals surface area contributed by atoms with E-state index in [0.717, 1.165) is 21.4 Å². The first-order valence-electron chi connectivity index (χ1n) is 9.30. The van der Waals surface area contributed by atoms with Gasteiger partial charge in [-0.15, -0.1) is 0 Å². The molecule has 0 fully saturated rings. The molecule has 1 aliphatic rings. The molecule has 5 nitrogen and oxygen atoms in total. The zero-order valence-corrected chi connectivity index (χ0v) is 15.8. The second-order valence-corrected chi connectivity index (χ2v) is 6.78. The van der Waals surface area contributed by atoms with Gasteiger partial charge in [-0.1, -0.05) is 48.5 Å². The fourth-order valence-electron chi connectivity index (χ4n) is 3.78. The van der Waals surface area contributed by atoms with Crippen molar-refractivity contribution >= 4 is 34.2 Å². The maximum atomic E-state index is 13.3. The van der Waals surface area contributed by atoms with Crippen molar-refractivity contribution in [3.8, 4) is 0 Å². The van der Waals surface area contributed by atoms with Gasteiger partial charge < -0.3 is 4.90 Å². The number of imide groups is 1. The number of benzene rings is 3. The van der Waals surface area contributed by atoms with E-state index < -0.39 is 17.9 Å². The van der Waals surface area contributed by atoms with Crippen LogP contribution in [0.1, 0.15) is 34.6 Å². The van der Waals surface area contributed by atoms with Gasteiger partial charge in [-0.05, 0) is 37.4 Å². The average Bonchev–Trinajstić information content (AvgIpc) is 2.99. The Hall–Kier alpha value is -3.47. The van der Waals surface area contributed by atoms with Crippen molar-refractivity contribution in [2.24, 2.45) is 0 Å². The van der Waals surface area contributed by atoms with Crippen molar-refractivity contribution < 1.29 is 14.4 Å². The normalized spacial score (nSPS) is 14.3. The third-order valence-electron chi connectivity index (χ3n) is 5.21. The number of carbonyl (C=O) groups is 3. The molecule has 5 heteroatoms. The maximum absolute atomic E-state index is 13.3. The van der Waals surface area contributed by atoms with Gasteiger partial charge in [0.25, 0.3) is 11.8 Å². The highest BCUT2D eigenvalue weighted by Crippen LogP contribution is 2.29. The molecule has 3 aromatic carbocycles. The number of rotatable bonds is 4. The Morgan fingerprint density at radius 3 is 2.11 bits per heavy atom. The number of fused-ring (bicyclic) bond motifs is 2. The average molecular weight is 372 g/mol. The Morgan fingerprint density at radius 2 is 1.46 bits per heavy atom.